The van der Waals surface area contributed by atoms with Crippen molar-refractivity contribution in [3.8, 4) is 11.4 Å². The molecule has 1 aliphatic rings. The van der Waals surface area contributed by atoms with E-state index in [1.165, 1.54) is 22.7 Å². The third kappa shape index (κ3) is 3.99. The summed E-state index contributed by atoms with van der Waals surface area (Å²) in [5, 5.41) is 4.59. The Balaban J connectivity index is 1.79. The number of carbonyl (C=O) groups excluding carboxylic acids is 2. The number of hydrogen-bond acceptors (Lipinski definition) is 6. The Kier molecular flexibility index (Phi) is 4.76. The maximum atomic E-state index is 12.2. The highest BCUT2D eigenvalue weighted by molar-refractivity contribution is 8.04. The summed E-state index contributed by atoms with van der Waals surface area (Å²) < 4.78 is 5.27. The first-order valence-corrected chi connectivity index (χ1v) is 8.90. The van der Waals surface area contributed by atoms with Crippen LogP contribution in [0, 0.1) is 5.41 Å². The van der Waals surface area contributed by atoms with Gasteiger partial charge in [-0.05, 0) is 0 Å². The van der Waals surface area contributed by atoms with Crippen LogP contribution in [0.4, 0.5) is 0 Å². The van der Waals surface area contributed by atoms with Crippen LogP contribution >= 0.6 is 11.8 Å². The van der Waals surface area contributed by atoms with Gasteiger partial charge in [0.15, 0.2) is 5.78 Å². The molecule has 1 aliphatic heterocycles. The standard InChI is InChI=1S/C18H19N3O3S/c1-18(2,3)13(22)9-16-21(15(23)11-25-16)10-14-19-17(20-24-14)12-7-5-4-6-8-12/h4-9H,10-11H2,1-3H3/b16-9-. The fraction of sp³-hybridized carbons (Fsp3) is 0.333. The molecule has 7 heteroatoms. The molecule has 1 saturated heterocycles. The second-order valence-corrected chi connectivity index (χ2v) is 7.74. The summed E-state index contributed by atoms with van der Waals surface area (Å²) >= 11 is 1.35. The van der Waals surface area contributed by atoms with Crippen LogP contribution in [-0.2, 0) is 16.1 Å². The van der Waals surface area contributed by atoms with E-state index in [-0.39, 0.29) is 18.2 Å². The van der Waals surface area contributed by atoms with Crippen molar-refractivity contribution in [2.75, 3.05) is 5.75 Å². The summed E-state index contributed by atoms with van der Waals surface area (Å²) in [6.07, 6.45) is 1.53. The highest BCUT2D eigenvalue weighted by Gasteiger charge is 2.30. The van der Waals surface area contributed by atoms with E-state index in [0.29, 0.717) is 22.5 Å². The second-order valence-electron chi connectivity index (χ2n) is 6.74. The zero-order chi connectivity index (χ0) is 18.0. The molecule has 3 rings (SSSR count). The van der Waals surface area contributed by atoms with Crippen molar-refractivity contribution in [2.45, 2.75) is 27.3 Å². The molecule has 0 bridgehead atoms. The number of rotatable bonds is 4. The van der Waals surface area contributed by atoms with Crippen molar-refractivity contribution in [2.24, 2.45) is 5.41 Å². The quantitative estimate of drug-likeness (QED) is 0.782. The normalized spacial score (nSPS) is 16.7. The Morgan fingerprint density at radius 3 is 2.72 bits per heavy atom. The Bertz CT molecular complexity index is 822. The van der Waals surface area contributed by atoms with Crippen LogP contribution in [0.25, 0.3) is 11.4 Å². The first-order chi connectivity index (χ1) is 11.8. The number of nitrogens with zero attached hydrogens (tertiary/aromatic N) is 3. The van der Waals surface area contributed by atoms with Gasteiger partial charge >= 0.3 is 0 Å². The number of thioether (sulfide) groups is 1. The van der Waals surface area contributed by atoms with Crippen LogP contribution < -0.4 is 0 Å². The molecule has 0 unspecified atom stereocenters. The van der Waals surface area contributed by atoms with E-state index in [4.69, 9.17) is 4.52 Å². The van der Waals surface area contributed by atoms with E-state index in [0.717, 1.165) is 5.56 Å². The van der Waals surface area contributed by atoms with Gasteiger partial charge in [-0.1, -0.05) is 68.0 Å². The number of aromatic nitrogens is 2. The highest BCUT2D eigenvalue weighted by Crippen LogP contribution is 2.32. The lowest BCUT2D eigenvalue weighted by atomic mass is 9.91. The molecule has 25 heavy (non-hydrogen) atoms. The number of ketones is 1. The molecule has 130 valence electrons. The molecular formula is C18H19N3O3S. The minimum absolute atomic E-state index is 0.0230. The summed E-state index contributed by atoms with van der Waals surface area (Å²) in [7, 11) is 0. The van der Waals surface area contributed by atoms with E-state index < -0.39 is 5.41 Å². The second kappa shape index (κ2) is 6.84. The number of allylic oxidation sites excluding steroid dienone is 1. The van der Waals surface area contributed by atoms with Crippen molar-refractivity contribution in [3.63, 3.8) is 0 Å². The largest absolute Gasteiger partial charge is 0.337 e. The molecule has 0 radical (unpaired) electrons. The van der Waals surface area contributed by atoms with Gasteiger partial charge in [0.1, 0.15) is 6.54 Å². The Hall–Kier alpha value is -2.41. The fourth-order valence-corrected chi connectivity index (χ4v) is 3.13. The molecule has 1 aromatic heterocycles. The van der Waals surface area contributed by atoms with Gasteiger partial charge in [-0.3, -0.25) is 14.5 Å². The van der Waals surface area contributed by atoms with E-state index in [9.17, 15) is 9.59 Å². The number of hydrogen-bond donors (Lipinski definition) is 0. The zero-order valence-corrected chi connectivity index (χ0v) is 15.2. The fourth-order valence-electron chi connectivity index (χ4n) is 2.19. The van der Waals surface area contributed by atoms with Gasteiger partial charge in [0, 0.05) is 17.1 Å². The molecular weight excluding hydrogens is 338 g/mol. The van der Waals surface area contributed by atoms with E-state index in [1.807, 2.05) is 51.1 Å². The summed E-state index contributed by atoms with van der Waals surface area (Å²) in [5.74, 6) is 1.03. The molecule has 0 spiro atoms. The molecule has 6 nitrogen and oxygen atoms in total. The highest BCUT2D eigenvalue weighted by atomic mass is 32.2. The Labute approximate surface area is 150 Å². The SMILES string of the molecule is CC(C)(C)C(=O)/C=C1\SCC(=O)N1Cc1nc(-c2ccccc2)no1. The predicted molar refractivity (Wildman–Crippen MR) is 95.3 cm³/mol. The van der Waals surface area contributed by atoms with Gasteiger partial charge in [-0.2, -0.15) is 4.98 Å². The molecule has 2 aromatic rings. The predicted octanol–water partition coefficient (Wildman–Crippen LogP) is 3.27. The molecule has 0 aliphatic carbocycles. The molecule has 0 N–H and O–H groups in total. The van der Waals surface area contributed by atoms with Crippen molar-refractivity contribution in [3.05, 3.63) is 47.3 Å². The van der Waals surface area contributed by atoms with E-state index in [1.54, 1.807) is 0 Å². The van der Waals surface area contributed by atoms with Crippen LogP contribution in [0.2, 0.25) is 0 Å². The van der Waals surface area contributed by atoms with Crippen LogP contribution in [0.5, 0.6) is 0 Å². The third-order valence-electron chi connectivity index (χ3n) is 3.70. The summed E-state index contributed by atoms with van der Waals surface area (Å²) in [5.41, 5.74) is 0.355. The van der Waals surface area contributed by atoms with Crippen molar-refractivity contribution in [1.29, 1.82) is 0 Å². The van der Waals surface area contributed by atoms with Crippen LogP contribution in [0.15, 0.2) is 46.0 Å². The monoisotopic (exact) mass is 357 g/mol. The minimum Gasteiger partial charge on any atom is -0.337 e. The van der Waals surface area contributed by atoms with E-state index in [2.05, 4.69) is 10.1 Å². The summed E-state index contributed by atoms with van der Waals surface area (Å²) in [6, 6.07) is 9.47. The minimum atomic E-state index is -0.490. The maximum Gasteiger partial charge on any atom is 0.247 e. The molecule has 1 amide bonds. The lowest BCUT2D eigenvalue weighted by Crippen LogP contribution is -2.26. The topological polar surface area (TPSA) is 76.3 Å². The molecule has 1 aromatic carbocycles. The number of benzene rings is 1. The average molecular weight is 357 g/mol. The molecule has 2 heterocycles. The smallest absolute Gasteiger partial charge is 0.247 e. The summed E-state index contributed by atoms with van der Waals surface area (Å²) in [6.45, 7) is 5.71. The first-order valence-electron chi connectivity index (χ1n) is 7.92. The zero-order valence-electron chi connectivity index (χ0n) is 14.4. The Morgan fingerprint density at radius 2 is 2.04 bits per heavy atom. The lowest BCUT2D eigenvalue weighted by Gasteiger charge is -2.17. The van der Waals surface area contributed by atoms with Gasteiger partial charge in [0.2, 0.25) is 17.6 Å². The first kappa shape index (κ1) is 17.4. The lowest BCUT2D eigenvalue weighted by molar-refractivity contribution is -0.126. The molecule has 0 atom stereocenters. The van der Waals surface area contributed by atoms with Crippen LogP contribution in [0.1, 0.15) is 26.7 Å². The Morgan fingerprint density at radius 1 is 1.32 bits per heavy atom. The van der Waals surface area contributed by atoms with Gasteiger partial charge < -0.3 is 4.52 Å². The van der Waals surface area contributed by atoms with Gasteiger partial charge in [0.05, 0.1) is 10.8 Å². The third-order valence-corrected chi connectivity index (χ3v) is 4.72. The average Bonchev–Trinajstić information content (AvgIpc) is 3.17. The van der Waals surface area contributed by atoms with Crippen LogP contribution in [0.3, 0.4) is 0 Å². The maximum absolute atomic E-state index is 12.2. The molecule has 0 saturated carbocycles. The van der Waals surface area contributed by atoms with Gasteiger partial charge in [-0.25, -0.2) is 0 Å². The van der Waals surface area contributed by atoms with Crippen molar-refractivity contribution < 1.29 is 14.1 Å². The number of carbonyl (C=O) groups is 2. The van der Waals surface area contributed by atoms with Crippen LogP contribution in [-0.4, -0.2) is 32.5 Å². The number of amides is 1. The summed E-state index contributed by atoms with van der Waals surface area (Å²) in [4.78, 5) is 30.3. The van der Waals surface area contributed by atoms with Gasteiger partial charge in [-0.15, -0.1) is 0 Å². The van der Waals surface area contributed by atoms with E-state index >= 15 is 0 Å². The van der Waals surface area contributed by atoms with Gasteiger partial charge in [0.25, 0.3) is 0 Å². The van der Waals surface area contributed by atoms with Crippen molar-refractivity contribution in [1.82, 2.24) is 15.0 Å². The molecule has 1 fully saturated rings. The van der Waals surface area contributed by atoms with Crippen molar-refractivity contribution >= 4 is 23.5 Å².